The Labute approximate surface area is 181 Å². The maximum absolute atomic E-state index is 12.8. The molecule has 3 aromatic rings. The molecule has 0 unspecified atom stereocenters. The van der Waals surface area contributed by atoms with Crippen LogP contribution in [0.2, 0.25) is 0 Å². The number of hydrogen-bond donors (Lipinski definition) is 0. The number of esters is 1. The van der Waals surface area contributed by atoms with Crippen LogP contribution in [-0.4, -0.2) is 45.9 Å². The zero-order valence-electron chi connectivity index (χ0n) is 17.3. The van der Waals surface area contributed by atoms with Crippen molar-refractivity contribution in [2.24, 2.45) is 5.41 Å². The van der Waals surface area contributed by atoms with Gasteiger partial charge in [0.2, 0.25) is 0 Å². The molecule has 0 bridgehead atoms. The highest BCUT2D eigenvalue weighted by atomic mass is 32.1. The van der Waals surface area contributed by atoms with E-state index in [4.69, 9.17) is 9.47 Å². The number of fused-ring (bicyclic) bond motifs is 1. The van der Waals surface area contributed by atoms with Gasteiger partial charge in [0.1, 0.15) is 16.8 Å². The molecule has 30 heavy (non-hydrogen) atoms. The molecule has 2 aromatic carbocycles. The highest BCUT2D eigenvalue weighted by Gasteiger charge is 2.42. The number of nitrogens with zero attached hydrogens (tertiary/aromatic N) is 3. The molecule has 1 saturated heterocycles. The van der Waals surface area contributed by atoms with Gasteiger partial charge in [0.05, 0.1) is 30.4 Å². The van der Waals surface area contributed by atoms with Crippen LogP contribution in [0.1, 0.15) is 31.7 Å². The Kier molecular flexibility index (Phi) is 6.59. The second kappa shape index (κ2) is 9.53. The molecule has 0 atom stereocenters. The summed E-state index contributed by atoms with van der Waals surface area (Å²) in [5.74, 6) is 0.747. The fourth-order valence-corrected chi connectivity index (χ4v) is 4.56. The number of benzene rings is 2. The van der Waals surface area contributed by atoms with E-state index < -0.39 is 5.41 Å². The first-order chi connectivity index (χ1) is 14.7. The molecule has 0 spiro atoms. The van der Waals surface area contributed by atoms with E-state index in [1.165, 1.54) is 17.3 Å². The average molecular weight is 426 g/mol. The van der Waals surface area contributed by atoms with Crippen LogP contribution in [0.25, 0.3) is 11.0 Å². The first kappa shape index (κ1) is 20.8. The normalized spacial score (nSPS) is 16.4. The largest absolute Gasteiger partial charge is 0.494 e. The van der Waals surface area contributed by atoms with Crippen LogP contribution < -0.4 is 4.74 Å². The van der Waals surface area contributed by atoms with Crippen LogP contribution >= 0.6 is 11.7 Å². The van der Waals surface area contributed by atoms with Gasteiger partial charge in [0, 0.05) is 6.54 Å². The average Bonchev–Trinajstić information content (AvgIpc) is 3.24. The molecule has 1 aliphatic heterocycles. The van der Waals surface area contributed by atoms with E-state index in [0.29, 0.717) is 19.6 Å². The first-order valence-electron chi connectivity index (χ1n) is 10.5. The van der Waals surface area contributed by atoms with Crippen molar-refractivity contribution in [1.82, 2.24) is 13.6 Å². The van der Waals surface area contributed by atoms with Crippen molar-refractivity contribution in [3.63, 3.8) is 0 Å². The molecule has 1 fully saturated rings. The van der Waals surface area contributed by atoms with Crippen molar-refractivity contribution < 1.29 is 14.3 Å². The molecule has 0 saturated carbocycles. The molecule has 2 heterocycles. The summed E-state index contributed by atoms with van der Waals surface area (Å²) in [6.45, 7) is 5.36. The third-order valence-electron chi connectivity index (χ3n) is 5.84. The highest BCUT2D eigenvalue weighted by Crippen LogP contribution is 2.37. The summed E-state index contributed by atoms with van der Waals surface area (Å²) in [6, 6.07) is 16.0. The number of piperidine rings is 1. The van der Waals surface area contributed by atoms with Crippen LogP contribution in [0.4, 0.5) is 0 Å². The van der Waals surface area contributed by atoms with Crippen LogP contribution in [-0.2, 0) is 16.1 Å². The number of carbonyl (C=O) groups excluding carboxylic acids is 1. The number of rotatable bonds is 8. The number of ether oxygens (including phenoxy) is 2. The first-order valence-corrected chi connectivity index (χ1v) is 11.2. The second-order valence-corrected chi connectivity index (χ2v) is 8.30. The third-order valence-corrected chi connectivity index (χ3v) is 6.40. The maximum Gasteiger partial charge on any atom is 0.312 e. The molecule has 1 aromatic heterocycles. The lowest BCUT2D eigenvalue weighted by Gasteiger charge is -2.40. The molecule has 158 valence electrons. The molecular weight excluding hydrogens is 398 g/mol. The summed E-state index contributed by atoms with van der Waals surface area (Å²) < 4.78 is 19.9. The number of hydrogen-bond acceptors (Lipinski definition) is 7. The monoisotopic (exact) mass is 425 g/mol. The molecule has 0 amide bonds. The minimum atomic E-state index is -0.468. The van der Waals surface area contributed by atoms with Crippen molar-refractivity contribution in [1.29, 1.82) is 0 Å². The van der Waals surface area contributed by atoms with Crippen LogP contribution in [0.5, 0.6) is 5.75 Å². The van der Waals surface area contributed by atoms with E-state index >= 15 is 0 Å². The lowest BCUT2D eigenvalue weighted by Crippen LogP contribution is -2.45. The van der Waals surface area contributed by atoms with Gasteiger partial charge in [-0.3, -0.25) is 9.69 Å². The number of carbonyl (C=O) groups is 1. The molecule has 0 N–H and O–H groups in total. The fourth-order valence-electron chi connectivity index (χ4n) is 4.04. The van der Waals surface area contributed by atoms with Gasteiger partial charge >= 0.3 is 5.97 Å². The van der Waals surface area contributed by atoms with Gasteiger partial charge in [-0.15, -0.1) is 0 Å². The van der Waals surface area contributed by atoms with Gasteiger partial charge < -0.3 is 9.47 Å². The van der Waals surface area contributed by atoms with Gasteiger partial charge in [-0.25, -0.2) is 0 Å². The van der Waals surface area contributed by atoms with Crippen molar-refractivity contribution in [3.05, 3.63) is 54.1 Å². The van der Waals surface area contributed by atoms with Crippen molar-refractivity contribution in [2.45, 2.75) is 32.7 Å². The smallest absolute Gasteiger partial charge is 0.312 e. The molecule has 7 heteroatoms. The summed E-state index contributed by atoms with van der Waals surface area (Å²) in [7, 11) is 0. The molecule has 0 radical (unpaired) electrons. The summed E-state index contributed by atoms with van der Waals surface area (Å²) in [4.78, 5) is 15.2. The molecule has 4 rings (SSSR count). The van der Waals surface area contributed by atoms with Crippen molar-refractivity contribution >= 4 is 28.7 Å². The quantitative estimate of drug-likeness (QED) is 0.501. The standard InChI is InChI=1S/C23H27N3O3S/c1-2-28-22(27)23(12-15-29-19-6-4-3-5-7-19)10-13-26(14-11-23)17-18-8-9-20-21(16-18)25-30-24-20/h3-9,16H,2,10-15,17H2,1H3. The van der Waals surface area contributed by atoms with Crippen molar-refractivity contribution in [3.8, 4) is 5.75 Å². The number of likely N-dealkylation sites (tertiary alicyclic amines) is 1. The highest BCUT2D eigenvalue weighted by molar-refractivity contribution is 7.00. The van der Waals surface area contributed by atoms with Gasteiger partial charge in [-0.2, -0.15) is 8.75 Å². The Morgan fingerprint density at radius 2 is 1.87 bits per heavy atom. The maximum atomic E-state index is 12.8. The van der Waals surface area contributed by atoms with E-state index in [2.05, 4.69) is 25.8 Å². The Morgan fingerprint density at radius 1 is 1.10 bits per heavy atom. The van der Waals surface area contributed by atoms with E-state index in [-0.39, 0.29) is 5.97 Å². The van der Waals surface area contributed by atoms with Crippen molar-refractivity contribution in [2.75, 3.05) is 26.3 Å². The number of aromatic nitrogens is 2. The van der Waals surface area contributed by atoms with Gasteiger partial charge in [0.25, 0.3) is 0 Å². The van der Waals surface area contributed by atoms with E-state index in [1.54, 1.807) is 0 Å². The topological polar surface area (TPSA) is 64.6 Å². The molecule has 1 aliphatic rings. The van der Waals surface area contributed by atoms with Gasteiger partial charge in [-0.05, 0) is 69.1 Å². The zero-order valence-corrected chi connectivity index (χ0v) is 18.1. The van der Waals surface area contributed by atoms with E-state index in [9.17, 15) is 4.79 Å². The SMILES string of the molecule is CCOC(=O)C1(CCOc2ccccc2)CCN(Cc2ccc3nsnc3c2)CC1. The summed E-state index contributed by atoms with van der Waals surface area (Å²) in [6.07, 6.45) is 2.24. The predicted octanol–water partition coefficient (Wildman–Crippen LogP) is 4.31. The molecule has 6 nitrogen and oxygen atoms in total. The number of para-hydroxylation sites is 1. The predicted molar refractivity (Wildman–Crippen MR) is 118 cm³/mol. The van der Waals surface area contributed by atoms with E-state index in [0.717, 1.165) is 49.3 Å². The Hall–Kier alpha value is -2.51. The summed E-state index contributed by atoms with van der Waals surface area (Å²) in [5.41, 5.74) is 2.66. The second-order valence-electron chi connectivity index (χ2n) is 7.78. The van der Waals surface area contributed by atoms with Gasteiger partial charge in [0.15, 0.2) is 0 Å². The van der Waals surface area contributed by atoms with Crippen LogP contribution in [0.15, 0.2) is 48.5 Å². The third kappa shape index (κ3) is 4.79. The Bertz CT molecular complexity index is 968. The minimum absolute atomic E-state index is 0.0868. The van der Waals surface area contributed by atoms with Gasteiger partial charge in [-0.1, -0.05) is 24.3 Å². The molecular formula is C23H27N3O3S. The minimum Gasteiger partial charge on any atom is -0.494 e. The van der Waals surface area contributed by atoms with E-state index in [1.807, 2.05) is 43.3 Å². The fraction of sp³-hybridized carbons (Fsp3) is 0.435. The Balaban J connectivity index is 1.37. The summed E-state index contributed by atoms with van der Waals surface area (Å²) >= 11 is 1.24. The zero-order chi connectivity index (χ0) is 20.8. The lowest BCUT2D eigenvalue weighted by atomic mass is 9.75. The molecule has 0 aliphatic carbocycles. The van der Waals surface area contributed by atoms with Crippen LogP contribution in [0, 0.1) is 5.41 Å². The van der Waals surface area contributed by atoms with Crippen LogP contribution in [0.3, 0.4) is 0 Å². The Morgan fingerprint density at radius 3 is 2.63 bits per heavy atom. The lowest BCUT2D eigenvalue weighted by molar-refractivity contribution is -0.159. The summed E-state index contributed by atoms with van der Waals surface area (Å²) in [5, 5.41) is 0.